The van der Waals surface area contributed by atoms with Crippen molar-refractivity contribution < 1.29 is 9.53 Å². The molecule has 0 radical (unpaired) electrons. The topological polar surface area (TPSA) is 102 Å². The molecule has 0 atom stereocenters. The van der Waals surface area contributed by atoms with Gasteiger partial charge in [-0.1, -0.05) is 18.2 Å². The largest absolute Gasteiger partial charge is 0.497 e. The maximum absolute atomic E-state index is 13.0. The molecular formula is C27H26N6O2. The number of piperidine rings is 1. The summed E-state index contributed by atoms with van der Waals surface area (Å²) in [6.07, 6.45) is 5.30. The summed E-state index contributed by atoms with van der Waals surface area (Å²) in [5, 5.41) is 1.12. The minimum absolute atomic E-state index is 0.0475. The van der Waals surface area contributed by atoms with Gasteiger partial charge in [-0.3, -0.25) is 9.20 Å². The van der Waals surface area contributed by atoms with Crippen LogP contribution in [0, 0.1) is 0 Å². The second kappa shape index (κ2) is 8.47. The van der Waals surface area contributed by atoms with E-state index in [-0.39, 0.29) is 11.8 Å². The Hall–Kier alpha value is -4.33. The highest BCUT2D eigenvalue weighted by molar-refractivity contribution is 5.94. The van der Waals surface area contributed by atoms with Gasteiger partial charge in [0, 0.05) is 47.9 Å². The van der Waals surface area contributed by atoms with Gasteiger partial charge in [-0.05, 0) is 49.2 Å². The highest BCUT2D eigenvalue weighted by Gasteiger charge is 2.29. The summed E-state index contributed by atoms with van der Waals surface area (Å²) in [6, 6.07) is 17.5. The van der Waals surface area contributed by atoms with Crippen LogP contribution in [0.15, 0.2) is 67.0 Å². The van der Waals surface area contributed by atoms with Crippen LogP contribution in [0.1, 0.15) is 34.9 Å². The van der Waals surface area contributed by atoms with Gasteiger partial charge in [-0.25, -0.2) is 9.97 Å². The second-order valence-electron chi connectivity index (χ2n) is 8.91. The number of H-pyrrole nitrogens is 1. The average Bonchev–Trinajstić information content (AvgIpc) is 3.51. The zero-order valence-electron chi connectivity index (χ0n) is 19.4. The number of fused-ring (bicyclic) bond motifs is 2. The predicted octanol–water partition coefficient (Wildman–Crippen LogP) is 4.49. The van der Waals surface area contributed by atoms with E-state index >= 15 is 0 Å². The van der Waals surface area contributed by atoms with Crippen molar-refractivity contribution >= 4 is 28.1 Å². The van der Waals surface area contributed by atoms with Crippen molar-refractivity contribution in [3.8, 4) is 17.1 Å². The van der Waals surface area contributed by atoms with Crippen LogP contribution in [-0.2, 0) is 0 Å². The predicted molar refractivity (Wildman–Crippen MR) is 136 cm³/mol. The number of nitrogens with one attached hydrogen (secondary N) is 1. The molecule has 176 valence electrons. The third-order valence-electron chi connectivity index (χ3n) is 6.88. The summed E-state index contributed by atoms with van der Waals surface area (Å²) in [7, 11) is 1.62. The number of nitrogen functional groups attached to an aromatic ring is 1. The first-order valence-corrected chi connectivity index (χ1v) is 11.8. The number of hydrogen-bond acceptors (Lipinski definition) is 5. The molecule has 6 rings (SSSR count). The molecule has 2 aromatic carbocycles. The van der Waals surface area contributed by atoms with Gasteiger partial charge in [0.05, 0.1) is 12.8 Å². The first-order valence-electron chi connectivity index (χ1n) is 11.8. The van der Waals surface area contributed by atoms with Gasteiger partial charge in [0.1, 0.15) is 28.6 Å². The van der Waals surface area contributed by atoms with E-state index in [9.17, 15) is 4.79 Å². The van der Waals surface area contributed by atoms with Crippen molar-refractivity contribution in [1.82, 2.24) is 24.3 Å². The Kier molecular flexibility index (Phi) is 5.13. The molecule has 0 bridgehead atoms. The minimum atomic E-state index is 0.0475. The number of carbonyl (C=O) groups is 1. The van der Waals surface area contributed by atoms with Gasteiger partial charge < -0.3 is 20.4 Å². The van der Waals surface area contributed by atoms with Crippen molar-refractivity contribution in [1.29, 1.82) is 0 Å². The number of para-hydroxylation sites is 1. The van der Waals surface area contributed by atoms with Crippen molar-refractivity contribution in [2.75, 3.05) is 25.9 Å². The summed E-state index contributed by atoms with van der Waals surface area (Å²) in [6.45, 7) is 1.35. The molecule has 1 saturated heterocycles. The number of aromatic nitrogens is 4. The lowest BCUT2D eigenvalue weighted by Gasteiger charge is -2.31. The molecular weight excluding hydrogens is 440 g/mol. The quantitative estimate of drug-likeness (QED) is 0.406. The Bertz CT molecular complexity index is 1490. The first-order chi connectivity index (χ1) is 17.1. The number of nitrogens with two attached hydrogens (primary N) is 1. The number of ether oxygens (including phenoxy) is 1. The molecule has 0 spiro atoms. The second-order valence-corrected chi connectivity index (χ2v) is 8.91. The summed E-state index contributed by atoms with van der Waals surface area (Å²) in [5.41, 5.74) is 10.6. The van der Waals surface area contributed by atoms with Crippen molar-refractivity contribution in [3.63, 3.8) is 0 Å². The minimum Gasteiger partial charge on any atom is -0.497 e. The summed E-state index contributed by atoms with van der Waals surface area (Å²) in [4.78, 5) is 27.8. The molecule has 3 N–H and O–H groups in total. The molecule has 4 heterocycles. The summed E-state index contributed by atoms with van der Waals surface area (Å²) >= 11 is 0. The van der Waals surface area contributed by atoms with E-state index in [1.54, 1.807) is 13.3 Å². The summed E-state index contributed by atoms with van der Waals surface area (Å²) in [5.74, 6) is 2.41. The zero-order chi connectivity index (χ0) is 23.9. The first kappa shape index (κ1) is 21.2. The van der Waals surface area contributed by atoms with Crippen LogP contribution in [0.2, 0.25) is 0 Å². The average molecular weight is 467 g/mol. The fraction of sp³-hybridized carbons (Fsp3) is 0.222. The Morgan fingerprint density at radius 2 is 1.89 bits per heavy atom. The maximum atomic E-state index is 13.0. The van der Waals surface area contributed by atoms with Gasteiger partial charge in [-0.15, -0.1) is 0 Å². The van der Waals surface area contributed by atoms with E-state index in [2.05, 4.69) is 32.6 Å². The molecule has 1 aliphatic heterocycles. The molecule has 0 aliphatic carbocycles. The number of rotatable bonds is 4. The van der Waals surface area contributed by atoms with Gasteiger partial charge in [-0.2, -0.15) is 0 Å². The fourth-order valence-electron chi connectivity index (χ4n) is 5.02. The van der Waals surface area contributed by atoms with Gasteiger partial charge in [0.15, 0.2) is 0 Å². The van der Waals surface area contributed by atoms with E-state index < -0.39 is 0 Å². The number of hydrogen-bond donors (Lipinski definition) is 2. The number of carbonyl (C=O) groups excluding carboxylic acids is 1. The SMILES string of the molecule is COc1ccc(C(=O)N2CCC(c3nc(-c4cc5ccccc5[nH]4)c4c(N)nccn34)CC2)cc1. The fourth-order valence-corrected chi connectivity index (χ4v) is 5.02. The van der Waals surface area contributed by atoms with Crippen LogP contribution < -0.4 is 10.5 Å². The van der Waals surface area contributed by atoms with Gasteiger partial charge >= 0.3 is 0 Å². The van der Waals surface area contributed by atoms with Crippen LogP contribution in [0.5, 0.6) is 5.75 Å². The van der Waals surface area contributed by atoms with Crippen molar-refractivity contribution in [2.45, 2.75) is 18.8 Å². The number of anilines is 1. The van der Waals surface area contributed by atoms with Crippen LogP contribution in [0.3, 0.4) is 0 Å². The number of amides is 1. The molecule has 5 aromatic rings. The molecule has 3 aromatic heterocycles. The lowest BCUT2D eigenvalue weighted by atomic mass is 9.95. The van der Waals surface area contributed by atoms with E-state index in [4.69, 9.17) is 15.5 Å². The number of imidazole rings is 1. The van der Waals surface area contributed by atoms with Crippen LogP contribution >= 0.6 is 0 Å². The molecule has 35 heavy (non-hydrogen) atoms. The van der Waals surface area contributed by atoms with Crippen LogP contribution in [-0.4, -0.2) is 50.4 Å². The Labute approximate surface area is 202 Å². The smallest absolute Gasteiger partial charge is 0.253 e. The molecule has 1 fully saturated rings. The molecule has 0 unspecified atom stereocenters. The lowest BCUT2D eigenvalue weighted by molar-refractivity contribution is 0.0711. The lowest BCUT2D eigenvalue weighted by Crippen LogP contribution is -2.38. The van der Waals surface area contributed by atoms with Crippen LogP contribution in [0.25, 0.3) is 27.8 Å². The Balaban J connectivity index is 1.29. The van der Waals surface area contributed by atoms with Gasteiger partial charge in [0.2, 0.25) is 0 Å². The molecule has 0 saturated carbocycles. The number of nitrogens with zero attached hydrogens (tertiary/aromatic N) is 4. The molecule has 8 nitrogen and oxygen atoms in total. The van der Waals surface area contributed by atoms with E-state index in [0.29, 0.717) is 24.5 Å². The third-order valence-corrected chi connectivity index (χ3v) is 6.88. The van der Waals surface area contributed by atoms with E-state index in [1.165, 1.54) is 0 Å². The number of aromatic amines is 1. The zero-order valence-corrected chi connectivity index (χ0v) is 19.4. The summed E-state index contributed by atoms with van der Waals surface area (Å²) < 4.78 is 7.27. The maximum Gasteiger partial charge on any atom is 0.253 e. The highest BCUT2D eigenvalue weighted by Crippen LogP contribution is 2.35. The normalized spacial score (nSPS) is 14.6. The van der Waals surface area contributed by atoms with E-state index in [1.807, 2.05) is 47.5 Å². The molecule has 8 heteroatoms. The monoisotopic (exact) mass is 466 g/mol. The van der Waals surface area contributed by atoms with Crippen molar-refractivity contribution in [3.05, 3.63) is 78.4 Å². The number of benzene rings is 2. The standard InChI is InChI=1S/C27H26N6O2/c1-35-20-8-6-18(7-9-20)27(34)32-13-10-17(11-14-32)26-31-23(24-25(28)29-12-15-33(24)26)22-16-19-4-2-3-5-21(19)30-22/h2-9,12,15-17,30H,10-11,13-14H2,1H3,(H2,28,29). The molecule has 1 aliphatic rings. The highest BCUT2D eigenvalue weighted by atomic mass is 16.5. The Morgan fingerprint density at radius 3 is 2.63 bits per heavy atom. The number of likely N-dealkylation sites (tertiary alicyclic amines) is 1. The van der Waals surface area contributed by atoms with Crippen molar-refractivity contribution in [2.24, 2.45) is 0 Å². The Morgan fingerprint density at radius 1 is 1.11 bits per heavy atom. The van der Waals surface area contributed by atoms with E-state index in [0.717, 1.165) is 52.2 Å². The molecule has 1 amide bonds. The third kappa shape index (κ3) is 3.67. The van der Waals surface area contributed by atoms with Gasteiger partial charge in [0.25, 0.3) is 5.91 Å². The number of methoxy groups -OCH3 is 1. The van der Waals surface area contributed by atoms with Crippen LogP contribution in [0.4, 0.5) is 5.82 Å².